The summed E-state index contributed by atoms with van der Waals surface area (Å²) in [5, 5.41) is 0. The largest absolute Gasteiger partial charge is 0.465 e. The second-order valence-corrected chi connectivity index (χ2v) is 5.88. The maximum atomic E-state index is 12.0. The Morgan fingerprint density at radius 2 is 2.05 bits per heavy atom. The van der Waals surface area contributed by atoms with Gasteiger partial charge < -0.3 is 14.2 Å². The fourth-order valence-electron chi connectivity index (χ4n) is 2.42. The Kier molecular flexibility index (Phi) is 5.48. The van der Waals surface area contributed by atoms with Crippen molar-refractivity contribution in [3.63, 3.8) is 0 Å². The number of esters is 1. The van der Waals surface area contributed by atoms with Crippen LogP contribution in [-0.4, -0.2) is 19.4 Å². The van der Waals surface area contributed by atoms with Crippen LogP contribution in [0.1, 0.15) is 51.5 Å². The minimum absolute atomic E-state index is 0.125. The van der Waals surface area contributed by atoms with Crippen molar-refractivity contribution in [2.45, 2.75) is 46.0 Å². The van der Waals surface area contributed by atoms with Crippen molar-refractivity contribution in [1.82, 2.24) is 0 Å². The molecule has 0 bridgehead atoms. The van der Waals surface area contributed by atoms with Gasteiger partial charge in [0.1, 0.15) is 0 Å². The molecule has 4 nitrogen and oxygen atoms in total. The Labute approximate surface area is 126 Å². The maximum Gasteiger partial charge on any atom is 0.306 e. The van der Waals surface area contributed by atoms with Gasteiger partial charge in [0.05, 0.1) is 13.0 Å². The summed E-state index contributed by atoms with van der Waals surface area (Å²) in [6.07, 6.45) is 2.40. The third kappa shape index (κ3) is 4.38. The van der Waals surface area contributed by atoms with Crippen molar-refractivity contribution in [3.05, 3.63) is 23.8 Å². The van der Waals surface area contributed by atoms with E-state index in [1.54, 1.807) is 0 Å². The number of hydrogen-bond acceptors (Lipinski definition) is 4. The van der Waals surface area contributed by atoms with E-state index in [1.165, 1.54) is 0 Å². The van der Waals surface area contributed by atoms with E-state index in [4.69, 9.17) is 14.2 Å². The molecule has 1 atom stereocenters. The van der Waals surface area contributed by atoms with Crippen LogP contribution in [0.25, 0.3) is 0 Å². The van der Waals surface area contributed by atoms with E-state index in [2.05, 4.69) is 6.92 Å². The Morgan fingerprint density at radius 3 is 2.76 bits per heavy atom. The number of rotatable bonds is 7. The highest BCUT2D eigenvalue weighted by Gasteiger charge is 2.20. The highest BCUT2D eigenvalue weighted by atomic mass is 16.7. The molecule has 0 fully saturated rings. The molecule has 0 aliphatic carbocycles. The zero-order valence-electron chi connectivity index (χ0n) is 13.1. The van der Waals surface area contributed by atoms with Crippen LogP contribution in [0, 0.1) is 5.92 Å². The van der Waals surface area contributed by atoms with Gasteiger partial charge in [0, 0.05) is 0 Å². The van der Waals surface area contributed by atoms with Gasteiger partial charge in [-0.1, -0.05) is 33.3 Å². The van der Waals surface area contributed by atoms with Crippen LogP contribution in [0.3, 0.4) is 0 Å². The molecule has 2 rings (SSSR count). The molecular formula is C17H24O4. The van der Waals surface area contributed by atoms with Gasteiger partial charge >= 0.3 is 5.97 Å². The van der Waals surface area contributed by atoms with E-state index in [0.717, 1.165) is 29.9 Å². The number of ether oxygens (including phenoxy) is 3. The minimum Gasteiger partial charge on any atom is -0.465 e. The van der Waals surface area contributed by atoms with Gasteiger partial charge in [-0.2, -0.15) is 0 Å². The molecule has 0 saturated carbocycles. The van der Waals surface area contributed by atoms with Crippen molar-refractivity contribution in [3.8, 4) is 11.5 Å². The van der Waals surface area contributed by atoms with Crippen molar-refractivity contribution in [2.75, 3.05) is 13.4 Å². The molecule has 0 saturated heterocycles. The Morgan fingerprint density at radius 1 is 1.29 bits per heavy atom. The topological polar surface area (TPSA) is 44.8 Å². The fourth-order valence-corrected chi connectivity index (χ4v) is 2.42. The summed E-state index contributed by atoms with van der Waals surface area (Å²) in [5.41, 5.74) is 1.11. The predicted molar refractivity (Wildman–Crippen MR) is 80.6 cm³/mol. The molecule has 1 aliphatic heterocycles. The Bertz CT molecular complexity index is 482. The standard InChI is InChI=1S/C17H24O4/c1-4-5-13(9-17(18)19-10-12(2)3)14-6-7-15-16(8-14)21-11-20-15/h6-8,12-13H,4-5,9-11H2,1-3H3. The van der Waals surface area contributed by atoms with E-state index in [0.29, 0.717) is 18.9 Å². The summed E-state index contributed by atoms with van der Waals surface area (Å²) in [5.74, 6) is 1.95. The lowest BCUT2D eigenvalue weighted by atomic mass is 9.91. The molecule has 0 spiro atoms. The molecule has 0 amide bonds. The summed E-state index contributed by atoms with van der Waals surface area (Å²) in [4.78, 5) is 12.0. The van der Waals surface area contributed by atoms with Crippen molar-refractivity contribution in [2.24, 2.45) is 5.92 Å². The first-order chi connectivity index (χ1) is 10.1. The summed E-state index contributed by atoms with van der Waals surface area (Å²) in [6.45, 7) is 6.95. The zero-order valence-corrected chi connectivity index (χ0v) is 13.1. The molecule has 4 heteroatoms. The second kappa shape index (κ2) is 7.34. The molecule has 1 aliphatic rings. The molecule has 0 radical (unpaired) electrons. The lowest BCUT2D eigenvalue weighted by molar-refractivity contribution is -0.145. The van der Waals surface area contributed by atoms with Crippen LogP contribution in [0.5, 0.6) is 11.5 Å². The maximum absolute atomic E-state index is 12.0. The smallest absolute Gasteiger partial charge is 0.306 e. The number of carbonyl (C=O) groups excluding carboxylic acids is 1. The molecule has 1 unspecified atom stereocenters. The van der Waals surface area contributed by atoms with E-state index < -0.39 is 0 Å². The number of carbonyl (C=O) groups is 1. The molecular weight excluding hydrogens is 268 g/mol. The third-order valence-corrected chi connectivity index (χ3v) is 3.50. The molecule has 0 N–H and O–H groups in total. The van der Waals surface area contributed by atoms with E-state index in [1.807, 2.05) is 32.0 Å². The SMILES string of the molecule is CCCC(CC(=O)OCC(C)C)c1ccc2c(c1)OCO2. The molecule has 116 valence electrons. The van der Waals surface area contributed by atoms with Crippen LogP contribution < -0.4 is 9.47 Å². The third-order valence-electron chi connectivity index (χ3n) is 3.50. The monoisotopic (exact) mass is 292 g/mol. The summed E-state index contributed by atoms with van der Waals surface area (Å²) >= 11 is 0. The van der Waals surface area contributed by atoms with Gasteiger partial charge in [0.15, 0.2) is 11.5 Å². The molecule has 1 aromatic rings. The summed E-state index contributed by atoms with van der Waals surface area (Å²) in [6, 6.07) is 5.92. The second-order valence-electron chi connectivity index (χ2n) is 5.88. The Balaban J connectivity index is 2.02. The lowest BCUT2D eigenvalue weighted by Gasteiger charge is -2.17. The van der Waals surface area contributed by atoms with Gasteiger partial charge in [-0.05, 0) is 36.0 Å². The van der Waals surface area contributed by atoms with Crippen molar-refractivity contribution >= 4 is 5.97 Å². The van der Waals surface area contributed by atoms with Crippen LogP contribution in [0.15, 0.2) is 18.2 Å². The Hall–Kier alpha value is -1.71. The average molecular weight is 292 g/mol. The quantitative estimate of drug-likeness (QED) is 0.715. The first kappa shape index (κ1) is 15.7. The van der Waals surface area contributed by atoms with Gasteiger partial charge in [-0.25, -0.2) is 0 Å². The van der Waals surface area contributed by atoms with Crippen LogP contribution in [0.4, 0.5) is 0 Å². The normalized spacial score (nSPS) is 14.3. The average Bonchev–Trinajstić information content (AvgIpc) is 2.92. The molecule has 1 aromatic carbocycles. The first-order valence-electron chi connectivity index (χ1n) is 7.65. The number of benzene rings is 1. The predicted octanol–water partition coefficient (Wildman–Crippen LogP) is 3.89. The summed E-state index contributed by atoms with van der Waals surface area (Å²) < 4.78 is 16.0. The molecule has 1 heterocycles. The first-order valence-corrected chi connectivity index (χ1v) is 7.65. The van der Waals surface area contributed by atoms with Crippen LogP contribution in [0.2, 0.25) is 0 Å². The van der Waals surface area contributed by atoms with Gasteiger partial charge in [-0.3, -0.25) is 4.79 Å². The highest BCUT2D eigenvalue weighted by molar-refractivity contribution is 5.70. The minimum atomic E-state index is -0.125. The van der Waals surface area contributed by atoms with Gasteiger partial charge in [0.25, 0.3) is 0 Å². The van der Waals surface area contributed by atoms with Crippen LogP contribution in [-0.2, 0) is 9.53 Å². The van der Waals surface area contributed by atoms with Gasteiger partial charge in [0.2, 0.25) is 6.79 Å². The molecule has 21 heavy (non-hydrogen) atoms. The van der Waals surface area contributed by atoms with Gasteiger partial charge in [-0.15, -0.1) is 0 Å². The number of fused-ring (bicyclic) bond motifs is 1. The zero-order chi connectivity index (χ0) is 15.2. The lowest BCUT2D eigenvalue weighted by Crippen LogP contribution is -2.13. The van der Waals surface area contributed by atoms with Crippen LogP contribution >= 0.6 is 0 Å². The molecule has 0 aromatic heterocycles. The summed E-state index contributed by atoms with van der Waals surface area (Å²) in [7, 11) is 0. The van der Waals surface area contributed by atoms with E-state index in [9.17, 15) is 4.79 Å². The van der Waals surface area contributed by atoms with E-state index >= 15 is 0 Å². The fraction of sp³-hybridized carbons (Fsp3) is 0.588. The number of hydrogen-bond donors (Lipinski definition) is 0. The van der Waals surface area contributed by atoms with Crippen molar-refractivity contribution in [1.29, 1.82) is 0 Å². The van der Waals surface area contributed by atoms with E-state index in [-0.39, 0.29) is 18.7 Å². The highest BCUT2D eigenvalue weighted by Crippen LogP contribution is 2.36. The van der Waals surface area contributed by atoms with Crippen molar-refractivity contribution < 1.29 is 19.0 Å².